The van der Waals surface area contributed by atoms with Crippen LogP contribution in [0.2, 0.25) is 0 Å². The summed E-state index contributed by atoms with van der Waals surface area (Å²) in [5.41, 5.74) is 46.2. The Morgan fingerprint density at radius 1 is 0.182 bits per heavy atom. The fourth-order valence-electron chi connectivity index (χ4n) is 19.0. The molecule has 0 aromatic heterocycles. The Bertz CT molecular complexity index is 3710. The number of rotatable bonds is 10. The highest BCUT2D eigenvalue weighted by molar-refractivity contribution is 5.92. The predicted octanol–water partition coefficient (Wildman–Crippen LogP) is 22.3. The minimum Gasteiger partial charge on any atom is -0.310 e. The van der Waals surface area contributed by atoms with E-state index in [1.165, 1.54) is 210 Å². The molecule has 9 aromatic rings. The van der Waals surface area contributed by atoms with Crippen LogP contribution in [0.15, 0.2) is 146 Å². The molecule has 8 aliphatic carbocycles. The number of aryl methyl sites for hydroxylation is 4. The van der Waals surface area contributed by atoms with E-state index in [0.29, 0.717) is 0 Å². The molecule has 0 spiro atoms. The van der Waals surface area contributed by atoms with Gasteiger partial charge in [-0.3, -0.25) is 0 Å². The van der Waals surface area contributed by atoms with Crippen LogP contribution in [-0.4, -0.2) is 0 Å². The van der Waals surface area contributed by atoms with Gasteiger partial charge in [-0.25, -0.2) is 0 Å². The molecule has 17 rings (SSSR count). The maximum absolute atomic E-state index is 2.78. The van der Waals surface area contributed by atoms with Gasteiger partial charge in [0, 0.05) is 22.7 Å². The molecule has 2 nitrogen and oxygen atoms in total. The zero-order chi connectivity index (χ0) is 58.1. The molecule has 0 saturated carbocycles. The van der Waals surface area contributed by atoms with E-state index in [9.17, 15) is 0 Å². The van der Waals surface area contributed by atoms with Crippen LogP contribution < -0.4 is 9.80 Å². The standard InChI is InChI=1S/C86H88N2/c1-3-23-57(24-4-1)83-73-35-15-19-39-77(73)85(78-40-20-16-36-74(78)83)87(65-47-43-59(44-48-65)81-69-31-11-7-27-61(69)55-62-28-8-12-32-70(62)81)67-51-53-68(54-52-67)88(66-49-45-60(46-50-66)82-71-33-13-9-29-63(71)56-64-30-10-14-34-72(64)82)86-79-41-21-17-37-75(79)84(58-25-5-2-6-26-58)76-38-18-22-42-80(76)86/h1-6,23-26,43-56H,7-22,27-42H2. The van der Waals surface area contributed by atoms with Crippen molar-refractivity contribution >= 4 is 34.1 Å². The van der Waals surface area contributed by atoms with E-state index in [4.69, 9.17) is 0 Å². The lowest BCUT2D eigenvalue weighted by Gasteiger charge is -2.38. The Hall–Kier alpha value is -7.42. The third-order valence-corrected chi connectivity index (χ3v) is 22.9. The normalized spacial score (nSPS) is 17.5. The van der Waals surface area contributed by atoms with Gasteiger partial charge in [0.05, 0.1) is 11.4 Å². The summed E-state index contributed by atoms with van der Waals surface area (Å²) in [6.45, 7) is 0. The summed E-state index contributed by atoms with van der Waals surface area (Å²) in [4.78, 5) is 5.57. The van der Waals surface area contributed by atoms with Gasteiger partial charge in [0.25, 0.3) is 0 Å². The summed E-state index contributed by atoms with van der Waals surface area (Å²) in [6.07, 6.45) is 39.4. The van der Waals surface area contributed by atoms with Gasteiger partial charge in [-0.15, -0.1) is 0 Å². The number of nitrogens with zero attached hydrogens (tertiary/aromatic N) is 2. The van der Waals surface area contributed by atoms with E-state index in [-0.39, 0.29) is 0 Å². The number of benzene rings is 9. The van der Waals surface area contributed by atoms with Crippen LogP contribution in [0.1, 0.15) is 192 Å². The molecule has 0 radical (unpaired) electrons. The van der Waals surface area contributed by atoms with Gasteiger partial charge >= 0.3 is 0 Å². The van der Waals surface area contributed by atoms with Gasteiger partial charge in [-0.2, -0.15) is 0 Å². The highest BCUT2D eigenvalue weighted by atomic mass is 15.2. The second-order valence-corrected chi connectivity index (χ2v) is 28.0. The fraction of sp³-hybridized carbons (Fsp3) is 0.372. The molecule has 0 atom stereocenters. The van der Waals surface area contributed by atoms with Crippen molar-refractivity contribution in [1.82, 2.24) is 0 Å². The van der Waals surface area contributed by atoms with Crippen LogP contribution in [0.25, 0.3) is 44.5 Å². The van der Waals surface area contributed by atoms with Crippen LogP contribution in [-0.2, 0) is 103 Å². The van der Waals surface area contributed by atoms with E-state index in [1.807, 2.05) is 0 Å². The first-order valence-electron chi connectivity index (χ1n) is 35.4. The van der Waals surface area contributed by atoms with Crippen LogP contribution in [0.3, 0.4) is 0 Å². The quantitative estimate of drug-likeness (QED) is 0.135. The molecular formula is C86H88N2. The highest BCUT2D eigenvalue weighted by Crippen LogP contribution is 2.54. The smallest absolute Gasteiger partial charge is 0.0531 e. The Morgan fingerprint density at radius 2 is 0.386 bits per heavy atom. The van der Waals surface area contributed by atoms with Crippen LogP contribution in [0.4, 0.5) is 34.1 Å². The van der Waals surface area contributed by atoms with Gasteiger partial charge in [0.2, 0.25) is 0 Å². The minimum atomic E-state index is 1.13. The SMILES string of the molecule is c1ccc(-c2c3c(c(N(c4ccc(-c5c6c(cc7c5CCCC7)CCCC6)cc4)c4ccc(N(c5ccc(-c6c7c(cc8c6CCCC8)CCCC7)cc5)c5c6c(c(-c7ccccc7)c7c5CCCC7)CCCC6)cc4)c4c2CCCC4)CCCC3)cc1. The molecule has 0 saturated heterocycles. The average Bonchev–Trinajstić information content (AvgIpc) is 1.38. The third-order valence-electron chi connectivity index (χ3n) is 22.9. The van der Waals surface area contributed by atoms with Crippen LogP contribution in [0.5, 0.6) is 0 Å². The zero-order valence-electron chi connectivity index (χ0n) is 52.4. The Morgan fingerprint density at radius 3 is 0.659 bits per heavy atom. The summed E-state index contributed by atoms with van der Waals surface area (Å²) in [5, 5.41) is 0. The summed E-state index contributed by atoms with van der Waals surface area (Å²) in [7, 11) is 0. The van der Waals surface area contributed by atoms with E-state index in [1.54, 1.807) is 111 Å². The summed E-state index contributed by atoms with van der Waals surface area (Å²) >= 11 is 0. The number of hydrogen-bond donors (Lipinski definition) is 0. The van der Waals surface area contributed by atoms with E-state index < -0.39 is 0 Å². The molecule has 0 heterocycles. The summed E-state index contributed by atoms with van der Waals surface area (Å²) in [6, 6.07) is 58.9. The molecule has 0 aliphatic heterocycles. The average molecular weight is 1150 g/mol. The number of hydrogen-bond acceptors (Lipinski definition) is 2. The molecule has 0 unspecified atom stereocenters. The molecule has 0 amide bonds. The van der Waals surface area contributed by atoms with Crippen molar-refractivity contribution in [2.24, 2.45) is 0 Å². The lowest BCUT2D eigenvalue weighted by Crippen LogP contribution is -2.22. The zero-order valence-corrected chi connectivity index (χ0v) is 52.4. The predicted molar refractivity (Wildman–Crippen MR) is 371 cm³/mol. The lowest BCUT2D eigenvalue weighted by atomic mass is 9.75. The first kappa shape index (κ1) is 54.7. The maximum Gasteiger partial charge on any atom is 0.0531 e. The Labute approximate surface area is 525 Å². The fourth-order valence-corrected chi connectivity index (χ4v) is 19.0. The van der Waals surface area contributed by atoms with Crippen molar-refractivity contribution in [2.75, 3.05) is 9.80 Å². The molecular weight excluding hydrogens is 1060 g/mol. The van der Waals surface area contributed by atoms with Crippen molar-refractivity contribution in [2.45, 2.75) is 205 Å². The Balaban J connectivity index is 0.862. The molecule has 8 aliphatic rings. The molecule has 0 bridgehead atoms. The Kier molecular flexibility index (Phi) is 14.6. The van der Waals surface area contributed by atoms with Crippen molar-refractivity contribution < 1.29 is 0 Å². The van der Waals surface area contributed by atoms with E-state index in [0.717, 1.165) is 51.4 Å². The van der Waals surface area contributed by atoms with Gasteiger partial charge in [-0.05, 0) is 388 Å². The van der Waals surface area contributed by atoms with Crippen molar-refractivity contribution in [1.29, 1.82) is 0 Å². The third kappa shape index (κ3) is 9.55. The topological polar surface area (TPSA) is 6.48 Å². The number of fused-ring (bicyclic) bond motifs is 8. The lowest BCUT2D eigenvalue weighted by molar-refractivity contribution is 0.660. The highest BCUT2D eigenvalue weighted by Gasteiger charge is 2.35. The first-order valence-corrected chi connectivity index (χ1v) is 35.4. The molecule has 0 fully saturated rings. The van der Waals surface area contributed by atoms with Gasteiger partial charge < -0.3 is 9.80 Å². The largest absolute Gasteiger partial charge is 0.310 e. The van der Waals surface area contributed by atoms with Gasteiger partial charge in [-0.1, -0.05) is 97.1 Å². The van der Waals surface area contributed by atoms with Crippen molar-refractivity contribution in [3.05, 3.63) is 235 Å². The molecule has 2 heteroatoms. The van der Waals surface area contributed by atoms with Crippen molar-refractivity contribution in [3.8, 4) is 44.5 Å². The van der Waals surface area contributed by atoms with E-state index in [2.05, 4.69) is 155 Å². The second-order valence-electron chi connectivity index (χ2n) is 28.0. The monoisotopic (exact) mass is 1150 g/mol. The minimum absolute atomic E-state index is 1.13. The van der Waals surface area contributed by atoms with E-state index >= 15 is 0 Å². The summed E-state index contributed by atoms with van der Waals surface area (Å²) < 4.78 is 0. The summed E-state index contributed by atoms with van der Waals surface area (Å²) in [5.74, 6) is 0. The molecule has 88 heavy (non-hydrogen) atoms. The first-order chi connectivity index (χ1) is 43.7. The van der Waals surface area contributed by atoms with Crippen LogP contribution in [0, 0.1) is 0 Å². The van der Waals surface area contributed by atoms with Crippen molar-refractivity contribution in [3.63, 3.8) is 0 Å². The second kappa shape index (κ2) is 23.5. The molecule has 0 N–H and O–H groups in total. The van der Waals surface area contributed by atoms with Crippen LogP contribution >= 0.6 is 0 Å². The molecule has 442 valence electrons. The molecule has 9 aromatic carbocycles. The number of anilines is 6. The van der Waals surface area contributed by atoms with Gasteiger partial charge in [0.1, 0.15) is 0 Å². The maximum atomic E-state index is 2.78. The van der Waals surface area contributed by atoms with Gasteiger partial charge in [0.15, 0.2) is 0 Å².